The summed E-state index contributed by atoms with van der Waals surface area (Å²) in [7, 11) is 0. The van der Waals surface area contributed by atoms with E-state index in [1.54, 1.807) is 19.1 Å². The number of carbonyl (C=O) groups excluding carboxylic acids is 1. The quantitative estimate of drug-likeness (QED) is 0.910. The minimum atomic E-state index is -4.78. The normalized spacial score (nSPS) is 14.8. The zero-order chi connectivity index (χ0) is 14.7. The standard InChI is InChI=1S/C12H16F3N3O/c1-3-18(8-9-4-6-17-7-5-9)10(19)11(2,16)12(13,14)15/h4-7H,3,8,16H2,1-2H3. The summed E-state index contributed by atoms with van der Waals surface area (Å²) in [6, 6.07) is 3.27. The molecule has 0 radical (unpaired) electrons. The van der Waals surface area contributed by atoms with Gasteiger partial charge in [0.2, 0.25) is 0 Å². The molecule has 1 rings (SSSR count). The minimum Gasteiger partial charge on any atom is -0.337 e. The van der Waals surface area contributed by atoms with E-state index in [1.165, 1.54) is 12.4 Å². The molecule has 0 saturated heterocycles. The van der Waals surface area contributed by atoms with Gasteiger partial charge >= 0.3 is 6.18 Å². The molecule has 2 N–H and O–H groups in total. The van der Waals surface area contributed by atoms with Gasteiger partial charge in [-0.1, -0.05) is 0 Å². The Morgan fingerprint density at radius 3 is 2.32 bits per heavy atom. The van der Waals surface area contributed by atoms with Crippen molar-refractivity contribution >= 4 is 5.91 Å². The molecule has 0 aliphatic rings. The number of aromatic nitrogens is 1. The van der Waals surface area contributed by atoms with Gasteiger partial charge in [-0.2, -0.15) is 13.2 Å². The first-order chi connectivity index (χ1) is 8.70. The fraction of sp³-hybridized carbons (Fsp3) is 0.500. The Hall–Kier alpha value is -1.63. The van der Waals surface area contributed by atoms with Gasteiger partial charge in [0.05, 0.1) is 0 Å². The molecule has 0 fully saturated rings. The van der Waals surface area contributed by atoms with Crippen LogP contribution in [0.15, 0.2) is 24.5 Å². The number of carbonyl (C=O) groups is 1. The SMILES string of the molecule is CCN(Cc1ccncc1)C(=O)C(C)(N)C(F)(F)F. The van der Waals surface area contributed by atoms with Crippen molar-refractivity contribution in [2.24, 2.45) is 5.73 Å². The lowest BCUT2D eigenvalue weighted by Gasteiger charge is -2.32. The molecule has 0 spiro atoms. The van der Waals surface area contributed by atoms with Crippen LogP contribution in [0.1, 0.15) is 19.4 Å². The van der Waals surface area contributed by atoms with Gasteiger partial charge in [-0.15, -0.1) is 0 Å². The molecule has 1 aromatic heterocycles. The van der Waals surface area contributed by atoms with Gasteiger partial charge < -0.3 is 10.6 Å². The molecule has 0 aliphatic carbocycles. The van der Waals surface area contributed by atoms with Gasteiger partial charge in [-0.25, -0.2) is 0 Å². The summed E-state index contributed by atoms with van der Waals surface area (Å²) in [5, 5.41) is 0. The van der Waals surface area contributed by atoms with Gasteiger partial charge in [0, 0.05) is 25.5 Å². The highest BCUT2D eigenvalue weighted by Crippen LogP contribution is 2.29. The smallest absolute Gasteiger partial charge is 0.337 e. The molecule has 0 saturated carbocycles. The first-order valence-electron chi connectivity index (χ1n) is 5.74. The van der Waals surface area contributed by atoms with E-state index in [9.17, 15) is 18.0 Å². The second-order valence-corrected chi connectivity index (χ2v) is 4.37. The van der Waals surface area contributed by atoms with E-state index >= 15 is 0 Å². The van der Waals surface area contributed by atoms with Gasteiger partial charge in [-0.3, -0.25) is 9.78 Å². The third-order valence-corrected chi connectivity index (χ3v) is 2.82. The van der Waals surface area contributed by atoms with E-state index in [0.29, 0.717) is 12.5 Å². The summed E-state index contributed by atoms with van der Waals surface area (Å²) in [5.74, 6) is -1.14. The van der Waals surface area contributed by atoms with Crippen molar-refractivity contribution in [2.45, 2.75) is 32.1 Å². The minimum absolute atomic E-state index is 0.0702. The number of hydrogen-bond donors (Lipinski definition) is 1. The number of rotatable bonds is 4. The molecule has 4 nitrogen and oxygen atoms in total. The summed E-state index contributed by atoms with van der Waals surface area (Å²) in [5.41, 5.74) is 2.96. The van der Waals surface area contributed by atoms with E-state index in [-0.39, 0.29) is 13.1 Å². The molecule has 0 aliphatic heterocycles. The predicted octanol–water partition coefficient (Wildman–Crippen LogP) is 1.71. The van der Waals surface area contributed by atoms with Crippen molar-refractivity contribution < 1.29 is 18.0 Å². The maximum Gasteiger partial charge on any atom is 0.415 e. The summed E-state index contributed by atoms with van der Waals surface area (Å²) in [6.45, 7) is 2.50. The number of likely N-dealkylation sites (N-methyl/N-ethyl adjacent to an activating group) is 1. The predicted molar refractivity (Wildman–Crippen MR) is 64.0 cm³/mol. The molecular formula is C12H16F3N3O. The van der Waals surface area contributed by atoms with Crippen LogP contribution in [0.3, 0.4) is 0 Å². The molecule has 1 unspecified atom stereocenters. The Balaban J connectivity index is 2.89. The second-order valence-electron chi connectivity index (χ2n) is 4.37. The van der Waals surface area contributed by atoms with Gasteiger partial charge in [0.1, 0.15) is 0 Å². The summed E-state index contributed by atoms with van der Waals surface area (Å²) >= 11 is 0. The van der Waals surface area contributed by atoms with Crippen LogP contribution in [-0.2, 0) is 11.3 Å². The molecule has 1 atom stereocenters. The highest BCUT2D eigenvalue weighted by Gasteiger charge is 2.55. The summed E-state index contributed by atoms with van der Waals surface area (Å²) < 4.78 is 38.2. The van der Waals surface area contributed by atoms with E-state index < -0.39 is 17.6 Å². The van der Waals surface area contributed by atoms with Crippen LogP contribution in [0.4, 0.5) is 13.2 Å². The molecule has 1 amide bonds. The fourth-order valence-electron chi connectivity index (χ4n) is 1.49. The topological polar surface area (TPSA) is 59.2 Å². The van der Waals surface area contributed by atoms with E-state index in [4.69, 9.17) is 5.73 Å². The van der Waals surface area contributed by atoms with Gasteiger partial charge in [0.15, 0.2) is 5.54 Å². The molecule has 7 heteroatoms. The fourth-order valence-corrected chi connectivity index (χ4v) is 1.49. The Kier molecular flexibility index (Phi) is 4.52. The van der Waals surface area contributed by atoms with E-state index in [2.05, 4.69) is 4.98 Å². The Labute approximate surface area is 109 Å². The number of alkyl halides is 3. The Morgan fingerprint density at radius 2 is 1.89 bits per heavy atom. The average Bonchev–Trinajstić information content (AvgIpc) is 2.35. The molecule has 1 aromatic rings. The lowest BCUT2D eigenvalue weighted by atomic mass is 10.0. The highest BCUT2D eigenvalue weighted by atomic mass is 19.4. The molecular weight excluding hydrogens is 259 g/mol. The lowest BCUT2D eigenvalue weighted by Crippen LogP contribution is -2.62. The Bertz CT molecular complexity index is 432. The van der Waals surface area contributed by atoms with Gasteiger partial charge in [-0.05, 0) is 31.5 Å². The van der Waals surface area contributed by atoms with Crippen molar-refractivity contribution in [3.05, 3.63) is 30.1 Å². The monoisotopic (exact) mass is 275 g/mol. The number of nitrogens with zero attached hydrogens (tertiary/aromatic N) is 2. The molecule has 19 heavy (non-hydrogen) atoms. The summed E-state index contributed by atoms with van der Waals surface area (Å²) in [4.78, 5) is 16.8. The van der Waals surface area contributed by atoms with Crippen LogP contribution in [0, 0.1) is 0 Å². The largest absolute Gasteiger partial charge is 0.415 e. The number of pyridine rings is 1. The highest BCUT2D eigenvalue weighted by molar-refractivity contribution is 5.86. The van der Waals surface area contributed by atoms with Gasteiger partial charge in [0.25, 0.3) is 5.91 Å². The molecule has 0 aromatic carbocycles. The van der Waals surface area contributed by atoms with Crippen LogP contribution in [0.25, 0.3) is 0 Å². The lowest BCUT2D eigenvalue weighted by molar-refractivity contribution is -0.194. The number of hydrogen-bond acceptors (Lipinski definition) is 3. The van der Waals surface area contributed by atoms with E-state index in [1.807, 2.05) is 0 Å². The van der Waals surface area contributed by atoms with Crippen LogP contribution >= 0.6 is 0 Å². The van der Waals surface area contributed by atoms with Crippen LogP contribution in [0.2, 0.25) is 0 Å². The van der Waals surface area contributed by atoms with Crippen LogP contribution in [0.5, 0.6) is 0 Å². The van der Waals surface area contributed by atoms with Crippen LogP contribution in [-0.4, -0.2) is 34.1 Å². The maximum absolute atomic E-state index is 12.7. The van der Waals surface area contributed by atoms with Crippen LogP contribution < -0.4 is 5.73 Å². The number of nitrogens with two attached hydrogens (primary N) is 1. The first kappa shape index (κ1) is 15.4. The number of halogens is 3. The van der Waals surface area contributed by atoms with Crippen molar-refractivity contribution in [3.8, 4) is 0 Å². The van der Waals surface area contributed by atoms with Crippen molar-refractivity contribution in [1.82, 2.24) is 9.88 Å². The Morgan fingerprint density at radius 1 is 1.37 bits per heavy atom. The average molecular weight is 275 g/mol. The zero-order valence-electron chi connectivity index (χ0n) is 10.7. The maximum atomic E-state index is 12.7. The third kappa shape index (κ3) is 3.44. The molecule has 1 heterocycles. The first-order valence-corrected chi connectivity index (χ1v) is 5.74. The van der Waals surface area contributed by atoms with Crippen molar-refractivity contribution in [3.63, 3.8) is 0 Å². The molecule has 106 valence electrons. The third-order valence-electron chi connectivity index (χ3n) is 2.82. The van der Waals surface area contributed by atoms with Crippen molar-refractivity contribution in [1.29, 1.82) is 0 Å². The molecule has 0 bridgehead atoms. The van der Waals surface area contributed by atoms with Crippen molar-refractivity contribution in [2.75, 3.05) is 6.54 Å². The summed E-state index contributed by atoms with van der Waals surface area (Å²) in [6.07, 6.45) is -1.76. The van der Waals surface area contributed by atoms with E-state index in [0.717, 1.165) is 4.90 Å². The number of amides is 1. The second kappa shape index (κ2) is 5.56. The zero-order valence-corrected chi connectivity index (χ0v) is 10.7.